The molecule has 1 amide bonds. The second-order valence-electron chi connectivity index (χ2n) is 6.38. The third-order valence-corrected chi connectivity index (χ3v) is 4.77. The van der Waals surface area contributed by atoms with Gasteiger partial charge in [-0.25, -0.2) is 4.98 Å². The Morgan fingerprint density at radius 3 is 2.90 bits per heavy atom. The van der Waals surface area contributed by atoms with Crippen molar-refractivity contribution >= 4 is 34.8 Å². The molecule has 8 nitrogen and oxygen atoms in total. The zero-order valence-corrected chi connectivity index (χ0v) is 16.9. The van der Waals surface area contributed by atoms with Gasteiger partial charge >= 0.3 is 0 Å². The number of aryl methyl sites for hydroxylation is 2. The highest BCUT2D eigenvalue weighted by Gasteiger charge is 2.13. The van der Waals surface area contributed by atoms with Crippen molar-refractivity contribution < 1.29 is 9.21 Å². The third-order valence-electron chi connectivity index (χ3n) is 4.22. The molecule has 0 fully saturated rings. The van der Waals surface area contributed by atoms with Gasteiger partial charge in [-0.3, -0.25) is 4.79 Å². The van der Waals surface area contributed by atoms with Gasteiger partial charge in [-0.1, -0.05) is 23.2 Å². The highest BCUT2D eigenvalue weighted by atomic mass is 35.5. The molecule has 0 bridgehead atoms. The van der Waals surface area contributed by atoms with Gasteiger partial charge in [0.05, 0.1) is 23.5 Å². The average molecular weight is 431 g/mol. The number of hydrogen-bond donors (Lipinski definition) is 1. The summed E-state index contributed by atoms with van der Waals surface area (Å²) in [5.74, 6) is 1.39. The van der Waals surface area contributed by atoms with Crippen molar-refractivity contribution in [2.45, 2.75) is 26.3 Å². The first-order valence-electron chi connectivity index (χ1n) is 8.84. The molecule has 4 aromatic rings. The van der Waals surface area contributed by atoms with Crippen LogP contribution in [0.5, 0.6) is 0 Å². The van der Waals surface area contributed by atoms with Gasteiger partial charge in [-0.2, -0.15) is 9.61 Å². The average Bonchev–Trinajstić information content (AvgIpc) is 3.31. The van der Waals surface area contributed by atoms with Crippen LogP contribution in [-0.2, 0) is 17.8 Å². The number of oxazole rings is 1. The lowest BCUT2D eigenvalue weighted by atomic mass is 10.2. The number of hydrogen-bond acceptors (Lipinski definition) is 6. The lowest BCUT2D eigenvalue weighted by Gasteiger charge is -2.03. The van der Waals surface area contributed by atoms with Gasteiger partial charge in [0, 0.05) is 23.4 Å². The monoisotopic (exact) mass is 430 g/mol. The largest absolute Gasteiger partial charge is 0.441 e. The number of benzene rings is 1. The van der Waals surface area contributed by atoms with Gasteiger partial charge in [0.15, 0.2) is 23.1 Å². The van der Waals surface area contributed by atoms with Gasteiger partial charge in [0.2, 0.25) is 5.91 Å². The molecule has 10 heteroatoms. The van der Waals surface area contributed by atoms with Gasteiger partial charge in [0.25, 0.3) is 0 Å². The van der Waals surface area contributed by atoms with E-state index in [4.69, 9.17) is 27.6 Å². The van der Waals surface area contributed by atoms with Crippen molar-refractivity contribution in [3.63, 3.8) is 0 Å². The molecular weight excluding hydrogens is 415 g/mol. The second kappa shape index (κ2) is 8.18. The molecule has 0 saturated heterocycles. The summed E-state index contributed by atoms with van der Waals surface area (Å²) in [6, 6.07) is 8.81. The fourth-order valence-corrected chi connectivity index (χ4v) is 3.26. The lowest BCUT2D eigenvalue weighted by molar-refractivity contribution is -0.121. The third kappa shape index (κ3) is 4.38. The molecule has 0 atom stereocenters. The summed E-state index contributed by atoms with van der Waals surface area (Å²) in [6.07, 6.45) is 2.16. The maximum Gasteiger partial charge on any atom is 0.220 e. The van der Waals surface area contributed by atoms with E-state index in [2.05, 4.69) is 25.6 Å². The number of carbonyl (C=O) groups excluding carboxylic acids is 1. The lowest BCUT2D eigenvalue weighted by Crippen LogP contribution is -2.24. The predicted molar refractivity (Wildman–Crippen MR) is 108 cm³/mol. The Kier molecular flexibility index (Phi) is 5.46. The molecule has 4 rings (SSSR count). The molecule has 29 heavy (non-hydrogen) atoms. The normalized spacial score (nSPS) is 11.1. The maximum absolute atomic E-state index is 12.2. The smallest absolute Gasteiger partial charge is 0.220 e. The Morgan fingerprint density at radius 1 is 1.21 bits per heavy atom. The predicted octanol–water partition coefficient (Wildman–Crippen LogP) is 3.64. The van der Waals surface area contributed by atoms with Crippen LogP contribution in [0.1, 0.15) is 23.8 Å². The molecule has 0 aliphatic carbocycles. The first-order chi connectivity index (χ1) is 14.0. The van der Waals surface area contributed by atoms with Crippen molar-refractivity contribution in [3.8, 4) is 11.3 Å². The Labute approximate surface area is 175 Å². The summed E-state index contributed by atoms with van der Waals surface area (Å²) in [5, 5.41) is 16.3. The molecular formula is C19H16Cl2N6O2. The van der Waals surface area contributed by atoms with E-state index < -0.39 is 0 Å². The molecule has 0 radical (unpaired) electrons. The Hall–Kier alpha value is -2.97. The molecule has 3 heterocycles. The summed E-state index contributed by atoms with van der Waals surface area (Å²) in [4.78, 5) is 16.4. The second-order valence-corrected chi connectivity index (χ2v) is 7.22. The van der Waals surface area contributed by atoms with Crippen LogP contribution in [0.3, 0.4) is 0 Å². The molecule has 0 spiro atoms. The number of halogens is 2. The van der Waals surface area contributed by atoms with Crippen LogP contribution in [0.4, 0.5) is 0 Å². The Morgan fingerprint density at radius 2 is 2.07 bits per heavy atom. The van der Waals surface area contributed by atoms with Crippen LogP contribution >= 0.6 is 23.2 Å². The standard InChI is InChI=1S/C19H16Cl2N6O2/c1-11-2-5-16-24-25-17(27(16)26-11)10-22-18(28)6-7-19-23-9-15(29-19)13-4-3-12(20)8-14(13)21/h2-5,8-9H,6-7,10H2,1H3,(H,22,28). The summed E-state index contributed by atoms with van der Waals surface area (Å²) in [6.45, 7) is 2.11. The number of amides is 1. The van der Waals surface area contributed by atoms with Crippen LogP contribution in [0, 0.1) is 6.92 Å². The molecule has 148 valence electrons. The summed E-state index contributed by atoms with van der Waals surface area (Å²) < 4.78 is 7.32. The van der Waals surface area contributed by atoms with Gasteiger partial charge in [0.1, 0.15) is 0 Å². The van der Waals surface area contributed by atoms with Gasteiger partial charge < -0.3 is 9.73 Å². The molecule has 0 aliphatic rings. The first kappa shape index (κ1) is 19.4. The number of carbonyl (C=O) groups is 1. The van der Waals surface area contributed by atoms with E-state index in [1.807, 2.05) is 19.1 Å². The zero-order chi connectivity index (χ0) is 20.4. The van der Waals surface area contributed by atoms with E-state index in [0.717, 1.165) is 5.69 Å². The maximum atomic E-state index is 12.2. The molecule has 1 N–H and O–H groups in total. The Bertz CT molecular complexity index is 1190. The first-order valence-corrected chi connectivity index (χ1v) is 9.60. The van der Waals surface area contributed by atoms with E-state index >= 15 is 0 Å². The van der Waals surface area contributed by atoms with E-state index in [9.17, 15) is 4.79 Å². The summed E-state index contributed by atoms with van der Waals surface area (Å²) in [5.41, 5.74) is 2.17. The van der Waals surface area contributed by atoms with Crippen LogP contribution in [0.15, 0.2) is 40.9 Å². The number of aromatic nitrogens is 5. The molecule has 0 aliphatic heterocycles. The van der Waals surface area contributed by atoms with Crippen molar-refractivity contribution in [1.82, 2.24) is 30.1 Å². The zero-order valence-electron chi connectivity index (χ0n) is 15.4. The van der Waals surface area contributed by atoms with Crippen molar-refractivity contribution in [1.29, 1.82) is 0 Å². The molecule has 1 aromatic carbocycles. The molecule has 0 unspecified atom stereocenters. The highest BCUT2D eigenvalue weighted by molar-refractivity contribution is 6.36. The van der Waals surface area contributed by atoms with Crippen molar-refractivity contribution in [2.75, 3.05) is 0 Å². The number of rotatable bonds is 6. The summed E-state index contributed by atoms with van der Waals surface area (Å²) >= 11 is 12.1. The molecule has 0 saturated carbocycles. The van der Waals surface area contributed by atoms with E-state index in [1.165, 1.54) is 0 Å². The van der Waals surface area contributed by atoms with Gasteiger partial charge in [-0.15, -0.1) is 10.2 Å². The van der Waals surface area contributed by atoms with E-state index in [-0.39, 0.29) is 18.9 Å². The number of nitrogens with zero attached hydrogens (tertiary/aromatic N) is 5. The SMILES string of the molecule is Cc1ccc2nnc(CNC(=O)CCc3ncc(-c4ccc(Cl)cc4Cl)o3)n2n1. The van der Waals surface area contributed by atoms with E-state index in [0.29, 0.717) is 45.2 Å². The quantitative estimate of drug-likeness (QED) is 0.501. The molecule has 3 aromatic heterocycles. The summed E-state index contributed by atoms with van der Waals surface area (Å²) in [7, 11) is 0. The highest BCUT2D eigenvalue weighted by Crippen LogP contribution is 2.30. The van der Waals surface area contributed by atoms with Crippen LogP contribution < -0.4 is 5.32 Å². The number of fused-ring (bicyclic) bond motifs is 1. The minimum Gasteiger partial charge on any atom is -0.441 e. The minimum atomic E-state index is -0.154. The van der Waals surface area contributed by atoms with Crippen LogP contribution in [0.2, 0.25) is 10.0 Å². The minimum absolute atomic E-state index is 0.154. The topological polar surface area (TPSA) is 98.2 Å². The fraction of sp³-hybridized carbons (Fsp3) is 0.211. The van der Waals surface area contributed by atoms with Crippen molar-refractivity contribution in [3.05, 3.63) is 64.0 Å². The van der Waals surface area contributed by atoms with Crippen LogP contribution in [0.25, 0.3) is 17.0 Å². The van der Waals surface area contributed by atoms with Crippen molar-refractivity contribution in [2.24, 2.45) is 0 Å². The van der Waals surface area contributed by atoms with Gasteiger partial charge in [-0.05, 0) is 37.3 Å². The van der Waals surface area contributed by atoms with Crippen LogP contribution in [-0.4, -0.2) is 30.7 Å². The Balaban J connectivity index is 1.34. The fourth-order valence-electron chi connectivity index (χ4n) is 2.76. The van der Waals surface area contributed by atoms with E-state index in [1.54, 1.807) is 28.9 Å². The number of nitrogens with one attached hydrogen (secondary N) is 1.